The first kappa shape index (κ1) is 10.8. The van der Waals surface area contributed by atoms with Gasteiger partial charge in [-0.1, -0.05) is 41.9 Å². The van der Waals surface area contributed by atoms with Crippen LogP contribution in [0, 0.1) is 0 Å². The quantitative estimate of drug-likeness (QED) is 0.772. The zero-order valence-corrected chi connectivity index (χ0v) is 10.5. The third-order valence-corrected chi connectivity index (χ3v) is 4.78. The molecule has 0 radical (unpaired) electrons. The Bertz CT molecular complexity index is 585. The highest BCUT2D eigenvalue weighted by molar-refractivity contribution is 7.87. The van der Waals surface area contributed by atoms with Gasteiger partial charge in [-0.2, -0.15) is 0 Å². The van der Waals surface area contributed by atoms with Crippen molar-refractivity contribution in [3.63, 3.8) is 0 Å². The van der Waals surface area contributed by atoms with E-state index in [2.05, 4.69) is 0 Å². The second kappa shape index (κ2) is 4.17. The van der Waals surface area contributed by atoms with Crippen LogP contribution in [0.4, 0.5) is 5.69 Å². The molecule has 0 saturated heterocycles. The Morgan fingerprint density at radius 3 is 2.53 bits per heavy atom. The summed E-state index contributed by atoms with van der Waals surface area (Å²) in [4.78, 5) is 0.748. The summed E-state index contributed by atoms with van der Waals surface area (Å²) >= 11 is 6.10. The van der Waals surface area contributed by atoms with Crippen LogP contribution in [0.2, 0.25) is 5.02 Å². The molecule has 0 spiro atoms. The lowest BCUT2D eigenvalue weighted by Gasteiger charge is -2.15. The maximum absolute atomic E-state index is 12.4. The summed E-state index contributed by atoms with van der Waals surface area (Å²) in [6.07, 6.45) is 0. The van der Waals surface area contributed by atoms with E-state index in [1.165, 1.54) is 0 Å². The fourth-order valence-corrected chi connectivity index (χ4v) is 3.75. The summed E-state index contributed by atoms with van der Waals surface area (Å²) in [5.41, 5.74) is 2.00. The zero-order valence-electron chi connectivity index (χ0n) is 8.97. The van der Waals surface area contributed by atoms with Gasteiger partial charge in [0.2, 0.25) is 0 Å². The summed E-state index contributed by atoms with van der Waals surface area (Å²) in [6, 6.07) is 15.4. The summed E-state index contributed by atoms with van der Waals surface area (Å²) < 4.78 is 14.2. The number of para-hydroxylation sites is 1. The highest BCUT2D eigenvalue weighted by atomic mass is 35.5. The number of fused-ring (bicyclic) bond motifs is 1. The molecular weight excluding hydrogens is 254 g/mol. The van der Waals surface area contributed by atoms with Crippen molar-refractivity contribution >= 4 is 28.3 Å². The predicted molar refractivity (Wildman–Crippen MR) is 70.5 cm³/mol. The Morgan fingerprint density at radius 1 is 1.06 bits per heavy atom. The lowest BCUT2D eigenvalue weighted by Crippen LogP contribution is -2.17. The highest BCUT2D eigenvalue weighted by Crippen LogP contribution is 2.35. The standard InChI is InChI=1S/C13H10ClNOS/c14-12-8-4-5-10-9-15(17(16)13(10)12)11-6-2-1-3-7-11/h1-8H,9H2. The number of nitrogens with zero attached hydrogens (tertiary/aromatic N) is 1. The lowest BCUT2D eigenvalue weighted by molar-refractivity contribution is 0.683. The molecule has 0 bridgehead atoms. The molecule has 17 heavy (non-hydrogen) atoms. The summed E-state index contributed by atoms with van der Waals surface area (Å²) in [5, 5.41) is 0.583. The highest BCUT2D eigenvalue weighted by Gasteiger charge is 2.29. The van der Waals surface area contributed by atoms with Crippen molar-refractivity contribution < 1.29 is 4.21 Å². The SMILES string of the molecule is O=S1c2c(Cl)cccc2CN1c1ccccc1. The average Bonchev–Trinajstić information content (AvgIpc) is 2.69. The Labute approximate surface area is 107 Å². The zero-order chi connectivity index (χ0) is 11.8. The Balaban J connectivity index is 2.06. The van der Waals surface area contributed by atoms with Crippen LogP contribution in [-0.2, 0) is 17.5 Å². The van der Waals surface area contributed by atoms with Crippen LogP contribution in [-0.4, -0.2) is 4.21 Å². The predicted octanol–water partition coefficient (Wildman–Crippen LogP) is 3.38. The minimum atomic E-state index is -1.20. The van der Waals surface area contributed by atoms with Crippen molar-refractivity contribution in [1.82, 2.24) is 0 Å². The lowest BCUT2D eigenvalue weighted by atomic mass is 10.2. The largest absolute Gasteiger partial charge is 0.283 e. The second-order valence-electron chi connectivity index (χ2n) is 3.85. The van der Waals surface area contributed by atoms with Gasteiger partial charge in [0.05, 0.1) is 16.5 Å². The van der Waals surface area contributed by atoms with Crippen LogP contribution in [0.1, 0.15) is 5.56 Å². The maximum atomic E-state index is 12.4. The van der Waals surface area contributed by atoms with Gasteiger partial charge in [0.25, 0.3) is 0 Å². The van der Waals surface area contributed by atoms with Crippen molar-refractivity contribution in [2.75, 3.05) is 4.31 Å². The molecule has 0 fully saturated rings. The molecule has 1 aliphatic rings. The van der Waals surface area contributed by atoms with E-state index in [4.69, 9.17) is 11.6 Å². The number of halogens is 1. The molecular formula is C13H10ClNOS. The number of hydrogen-bond donors (Lipinski definition) is 0. The van der Waals surface area contributed by atoms with Gasteiger partial charge in [0, 0.05) is 5.69 Å². The number of benzene rings is 2. The van der Waals surface area contributed by atoms with Crippen LogP contribution in [0.5, 0.6) is 0 Å². The number of rotatable bonds is 1. The van der Waals surface area contributed by atoms with E-state index in [1.807, 2.05) is 46.8 Å². The van der Waals surface area contributed by atoms with Gasteiger partial charge in [-0.25, -0.2) is 4.21 Å². The molecule has 0 amide bonds. The minimum absolute atomic E-state index is 0.583. The van der Waals surface area contributed by atoms with E-state index in [9.17, 15) is 4.21 Å². The minimum Gasteiger partial charge on any atom is -0.283 e. The fourth-order valence-electron chi connectivity index (χ4n) is 1.98. The molecule has 2 aromatic rings. The third-order valence-electron chi connectivity index (χ3n) is 2.78. The van der Waals surface area contributed by atoms with E-state index in [0.717, 1.165) is 16.1 Å². The van der Waals surface area contributed by atoms with Crippen LogP contribution in [0.3, 0.4) is 0 Å². The molecule has 86 valence electrons. The van der Waals surface area contributed by atoms with E-state index in [0.29, 0.717) is 11.6 Å². The molecule has 1 unspecified atom stereocenters. The third kappa shape index (κ3) is 1.75. The molecule has 1 heterocycles. The van der Waals surface area contributed by atoms with Crippen molar-refractivity contribution in [3.05, 3.63) is 59.1 Å². The molecule has 0 N–H and O–H groups in total. The van der Waals surface area contributed by atoms with Crippen molar-refractivity contribution in [2.24, 2.45) is 0 Å². The molecule has 0 aliphatic carbocycles. The van der Waals surface area contributed by atoms with E-state index < -0.39 is 11.0 Å². The van der Waals surface area contributed by atoms with Crippen molar-refractivity contribution in [3.8, 4) is 0 Å². The molecule has 1 aliphatic heterocycles. The number of hydrogen-bond acceptors (Lipinski definition) is 1. The van der Waals surface area contributed by atoms with Crippen molar-refractivity contribution in [2.45, 2.75) is 11.4 Å². The summed E-state index contributed by atoms with van der Waals surface area (Å²) in [5.74, 6) is 0. The van der Waals surface area contributed by atoms with E-state index in [1.54, 1.807) is 6.07 Å². The monoisotopic (exact) mass is 263 g/mol. The smallest absolute Gasteiger partial charge is 0.155 e. The van der Waals surface area contributed by atoms with Crippen LogP contribution < -0.4 is 4.31 Å². The normalized spacial score (nSPS) is 18.2. The second-order valence-corrected chi connectivity index (χ2v) is 5.60. The Morgan fingerprint density at radius 2 is 1.82 bits per heavy atom. The molecule has 2 nitrogen and oxygen atoms in total. The number of anilines is 1. The van der Waals surface area contributed by atoms with Crippen LogP contribution in [0.15, 0.2) is 53.4 Å². The first-order valence-electron chi connectivity index (χ1n) is 5.29. The van der Waals surface area contributed by atoms with Gasteiger partial charge in [-0.15, -0.1) is 0 Å². The molecule has 1 atom stereocenters. The van der Waals surface area contributed by atoms with Gasteiger partial charge >= 0.3 is 0 Å². The average molecular weight is 264 g/mol. The molecule has 4 heteroatoms. The van der Waals surface area contributed by atoms with Gasteiger partial charge in [0.1, 0.15) is 0 Å². The molecule has 0 aromatic heterocycles. The van der Waals surface area contributed by atoms with Crippen LogP contribution in [0.25, 0.3) is 0 Å². The maximum Gasteiger partial charge on any atom is 0.155 e. The van der Waals surface area contributed by atoms with E-state index >= 15 is 0 Å². The van der Waals surface area contributed by atoms with Gasteiger partial charge in [-0.3, -0.25) is 4.31 Å². The first-order chi connectivity index (χ1) is 8.27. The van der Waals surface area contributed by atoms with Gasteiger partial charge < -0.3 is 0 Å². The van der Waals surface area contributed by atoms with Gasteiger partial charge in [-0.05, 0) is 23.8 Å². The summed E-state index contributed by atoms with van der Waals surface area (Å²) in [7, 11) is -1.20. The molecule has 2 aromatic carbocycles. The van der Waals surface area contributed by atoms with Crippen molar-refractivity contribution in [1.29, 1.82) is 0 Å². The van der Waals surface area contributed by atoms with Crippen LogP contribution >= 0.6 is 11.6 Å². The Hall–Kier alpha value is -1.32. The Kier molecular flexibility index (Phi) is 2.65. The molecule has 3 rings (SSSR count). The topological polar surface area (TPSA) is 20.3 Å². The fraction of sp³-hybridized carbons (Fsp3) is 0.0769. The van der Waals surface area contributed by atoms with E-state index in [-0.39, 0.29) is 0 Å². The molecule has 0 saturated carbocycles. The van der Waals surface area contributed by atoms with Gasteiger partial charge in [0.15, 0.2) is 11.0 Å². The summed E-state index contributed by atoms with van der Waals surface area (Å²) in [6.45, 7) is 0.645. The first-order valence-corrected chi connectivity index (χ1v) is 6.78.